The molecule has 1 aromatic carbocycles. The van der Waals surface area contributed by atoms with E-state index in [0.29, 0.717) is 17.1 Å². The third-order valence-corrected chi connectivity index (χ3v) is 4.38. The molecular formula is C18H19N5O3S. The van der Waals surface area contributed by atoms with E-state index in [1.807, 2.05) is 31.2 Å². The van der Waals surface area contributed by atoms with Crippen molar-refractivity contribution in [2.45, 2.75) is 20.8 Å². The largest absolute Gasteiger partial charge is 0.461 e. The van der Waals surface area contributed by atoms with E-state index < -0.39 is 11.9 Å². The summed E-state index contributed by atoms with van der Waals surface area (Å²) in [5.74, 6) is -1.21. The van der Waals surface area contributed by atoms with Crippen LogP contribution >= 0.6 is 12.2 Å². The summed E-state index contributed by atoms with van der Waals surface area (Å²) in [5, 5.41) is 12.9. The number of hydrazone groups is 1. The fourth-order valence-electron chi connectivity index (χ4n) is 2.74. The Balaban J connectivity index is 2.31. The summed E-state index contributed by atoms with van der Waals surface area (Å²) in [7, 11) is 1.63. The standard InChI is InChI=1S/C18H19N5O3S/c1-5-26-17(25)14-13-15(11(3)20-22(4)18(27)19-16(13)24)23(21-14)12-8-6-10(2)7-9-12/h6-9H,5H2,1-4H3,(H,19,24,27). The molecule has 0 bridgehead atoms. The van der Waals surface area contributed by atoms with Gasteiger partial charge in [-0.05, 0) is 45.1 Å². The highest BCUT2D eigenvalue weighted by Gasteiger charge is 2.33. The summed E-state index contributed by atoms with van der Waals surface area (Å²) < 4.78 is 6.62. The SMILES string of the molecule is CCOC(=O)c1nn(-c2ccc(C)cc2)c2c1C(=O)NC(=S)N(C)N=C2C. The van der Waals surface area contributed by atoms with Gasteiger partial charge >= 0.3 is 5.97 Å². The molecule has 0 atom stereocenters. The van der Waals surface area contributed by atoms with E-state index >= 15 is 0 Å². The summed E-state index contributed by atoms with van der Waals surface area (Å²) in [4.78, 5) is 25.3. The van der Waals surface area contributed by atoms with Crippen LogP contribution in [0.15, 0.2) is 29.4 Å². The van der Waals surface area contributed by atoms with Gasteiger partial charge in [-0.25, -0.2) is 14.5 Å². The number of carbonyl (C=O) groups excluding carboxylic acids is 2. The Hall–Kier alpha value is -3.07. The van der Waals surface area contributed by atoms with Crippen LogP contribution in [0.3, 0.4) is 0 Å². The lowest BCUT2D eigenvalue weighted by Crippen LogP contribution is -2.41. The van der Waals surface area contributed by atoms with Crippen LogP contribution in [-0.4, -0.2) is 51.1 Å². The van der Waals surface area contributed by atoms with Crippen molar-refractivity contribution in [3.63, 3.8) is 0 Å². The Morgan fingerprint density at radius 1 is 1.26 bits per heavy atom. The molecule has 9 heteroatoms. The average Bonchev–Trinajstić information content (AvgIpc) is 3.02. The quantitative estimate of drug-likeness (QED) is 0.643. The van der Waals surface area contributed by atoms with Crippen LogP contribution in [0, 0.1) is 6.92 Å². The van der Waals surface area contributed by atoms with Crippen molar-refractivity contribution in [1.82, 2.24) is 20.1 Å². The second-order valence-corrected chi connectivity index (χ2v) is 6.40. The molecule has 1 aliphatic rings. The number of hydrogen-bond donors (Lipinski definition) is 1. The van der Waals surface area contributed by atoms with Gasteiger partial charge < -0.3 is 4.74 Å². The van der Waals surface area contributed by atoms with Crippen LogP contribution in [-0.2, 0) is 4.74 Å². The van der Waals surface area contributed by atoms with Gasteiger partial charge in [-0.15, -0.1) is 0 Å². The molecule has 1 aromatic heterocycles. The molecule has 0 saturated heterocycles. The number of aromatic nitrogens is 2. The van der Waals surface area contributed by atoms with E-state index in [2.05, 4.69) is 15.5 Å². The topological polar surface area (TPSA) is 88.8 Å². The fourth-order valence-corrected chi connectivity index (χ4v) is 2.87. The number of esters is 1. The van der Waals surface area contributed by atoms with Crippen molar-refractivity contribution >= 4 is 34.9 Å². The van der Waals surface area contributed by atoms with Gasteiger partial charge in [0, 0.05) is 7.05 Å². The van der Waals surface area contributed by atoms with Gasteiger partial charge in [-0.1, -0.05) is 17.7 Å². The van der Waals surface area contributed by atoms with E-state index in [-0.39, 0.29) is 23.0 Å². The predicted octanol–water partition coefficient (Wildman–Crippen LogP) is 2.04. The fraction of sp³-hybridized carbons (Fsp3) is 0.278. The Morgan fingerprint density at radius 3 is 2.56 bits per heavy atom. The lowest BCUT2D eigenvalue weighted by molar-refractivity contribution is 0.0515. The third kappa shape index (κ3) is 3.45. The molecule has 0 aliphatic carbocycles. The van der Waals surface area contributed by atoms with Crippen molar-refractivity contribution in [1.29, 1.82) is 0 Å². The maximum absolute atomic E-state index is 12.8. The van der Waals surface area contributed by atoms with Crippen molar-refractivity contribution in [2.75, 3.05) is 13.7 Å². The zero-order valence-corrected chi connectivity index (χ0v) is 16.3. The second-order valence-electron chi connectivity index (χ2n) is 6.01. The smallest absolute Gasteiger partial charge is 0.359 e. The first-order chi connectivity index (χ1) is 12.8. The molecule has 0 radical (unpaired) electrons. The van der Waals surface area contributed by atoms with Crippen molar-refractivity contribution < 1.29 is 14.3 Å². The molecule has 1 aliphatic heterocycles. The van der Waals surface area contributed by atoms with Gasteiger partial charge in [-0.3, -0.25) is 10.1 Å². The molecule has 0 fully saturated rings. The Bertz CT molecular complexity index is 962. The number of fused-ring (bicyclic) bond motifs is 1. The summed E-state index contributed by atoms with van der Waals surface area (Å²) >= 11 is 5.15. The third-order valence-electron chi connectivity index (χ3n) is 4.02. The Labute approximate surface area is 161 Å². The minimum atomic E-state index is -0.678. The van der Waals surface area contributed by atoms with Gasteiger partial charge in [0.1, 0.15) is 11.3 Å². The number of aryl methyl sites for hydroxylation is 1. The molecule has 2 aromatic rings. The number of rotatable bonds is 3. The first-order valence-electron chi connectivity index (χ1n) is 8.35. The van der Waals surface area contributed by atoms with E-state index in [9.17, 15) is 9.59 Å². The normalized spacial score (nSPS) is 14.1. The zero-order chi connectivity index (χ0) is 19.7. The highest BCUT2D eigenvalue weighted by Crippen LogP contribution is 2.23. The summed E-state index contributed by atoms with van der Waals surface area (Å²) in [6, 6.07) is 7.56. The van der Waals surface area contributed by atoms with Crippen LogP contribution < -0.4 is 5.32 Å². The zero-order valence-electron chi connectivity index (χ0n) is 15.4. The number of ether oxygens (including phenoxy) is 1. The molecule has 1 N–H and O–H groups in total. The molecule has 0 saturated carbocycles. The monoisotopic (exact) mass is 385 g/mol. The Morgan fingerprint density at radius 2 is 1.93 bits per heavy atom. The minimum Gasteiger partial charge on any atom is -0.461 e. The first-order valence-corrected chi connectivity index (χ1v) is 8.76. The predicted molar refractivity (Wildman–Crippen MR) is 104 cm³/mol. The molecule has 0 unspecified atom stereocenters. The lowest BCUT2D eigenvalue weighted by atomic mass is 10.1. The molecule has 27 heavy (non-hydrogen) atoms. The van der Waals surface area contributed by atoms with Gasteiger partial charge in [-0.2, -0.15) is 10.2 Å². The highest BCUT2D eigenvalue weighted by atomic mass is 32.1. The number of nitrogens with one attached hydrogen (secondary N) is 1. The number of thiocarbonyl (C=S) groups is 1. The summed E-state index contributed by atoms with van der Waals surface area (Å²) in [5.41, 5.74) is 2.69. The number of amides is 1. The van der Waals surface area contributed by atoms with Crippen LogP contribution in [0.25, 0.3) is 5.69 Å². The van der Waals surface area contributed by atoms with Crippen LogP contribution in [0.2, 0.25) is 0 Å². The van der Waals surface area contributed by atoms with Crippen LogP contribution in [0.5, 0.6) is 0 Å². The van der Waals surface area contributed by atoms with Gasteiger partial charge in [0.25, 0.3) is 5.91 Å². The minimum absolute atomic E-state index is 0.0770. The first kappa shape index (κ1) is 18.7. The molecule has 2 heterocycles. The van der Waals surface area contributed by atoms with Crippen LogP contribution in [0.1, 0.15) is 46.0 Å². The van der Waals surface area contributed by atoms with Crippen molar-refractivity contribution in [3.05, 3.63) is 46.8 Å². The number of hydrogen-bond acceptors (Lipinski definition) is 6. The molecule has 0 spiro atoms. The maximum Gasteiger partial charge on any atom is 0.359 e. The summed E-state index contributed by atoms with van der Waals surface area (Å²) in [6.07, 6.45) is 0. The maximum atomic E-state index is 12.8. The average molecular weight is 385 g/mol. The summed E-state index contributed by atoms with van der Waals surface area (Å²) in [6.45, 7) is 5.56. The van der Waals surface area contributed by atoms with Crippen LogP contribution in [0.4, 0.5) is 0 Å². The molecule has 1 amide bonds. The van der Waals surface area contributed by atoms with Crippen molar-refractivity contribution in [2.24, 2.45) is 5.10 Å². The van der Waals surface area contributed by atoms with E-state index in [0.717, 1.165) is 5.56 Å². The highest BCUT2D eigenvalue weighted by molar-refractivity contribution is 7.80. The van der Waals surface area contributed by atoms with E-state index in [4.69, 9.17) is 17.0 Å². The van der Waals surface area contributed by atoms with Gasteiger partial charge in [0.15, 0.2) is 10.8 Å². The molecule has 3 rings (SSSR count). The molecular weight excluding hydrogens is 366 g/mol. The van der Waals surface area contributed by atoms with Gasteiger partial charge in [0.2, 0.25) is 0 Å². The van der Waals surface area contributed by atoms with Crippen molar-refractivity contribution in [3.8, 4) is 5.69 Å². The van der Waals surface area contributed by atoms with E-state index in [1.165, 1.54) is 9.69 Å². The van der Waals surface area contributed by atoms with Gasteiger partial charge in [0.05, 0.1) is 18.0 Å². The number of nitrogens with zero attached hydrogens (tertiary/aromatic N) is 4. The second kappa shape index (κ2) is 7.28. The van der Waals surface area contributed by atoms with E-state index in [1.54, 1.807) is 20.9 Å². The lowest BCUT2D eigenvalue weighted by Gasteiger charge is -2.20. The number of carbonyl (C=O) groups is 2. The molecule has 8 nitrogen and oxygen atoms in total. The Kier molecular flexibility index (Phi) is 5.04. The molecule has 140 valence electrons. The number of benzene rings is 1.